The first-order valence-corrected chi connectivity index (χ1v) is 9.74. The number of rotatable bonds is 3. The molecule has 5 atom stereocenters. The summed E-state index contributed by atoms with van der Waals surface area (Å²) in [5.41, 5.74) is 4.54. The van der Waals surface area contributed by atoms with Gasteiger partial charge in [0.15, 0.2) is 0 Å². The quantitative estimate of drug-likeness (QED) is 0.648. The van der Waals surface area contributed by atoms with Crippen molar-refractivity contribution in [1.29, 1.82) is 0 Å². The molecule has 1 aromatic carbocycles. The van der Waals surface area contributed by atoms with Crippen molar-refractivity contribution in [3.63, 3.8) is 0 Å². The zero-order valence-corrected chi connectivity index (χ0v) is 14.7. The van der Waals surface area contributed by atoms with E-state index < -0.39 is 0 Å². The van der Waals surface area contributed by atoms with Gasteiger partial charge in [-0.1, -0.05) is 45.2 Å². The Morgan fingerprint density at radius 3 is 2.91 bits per heavy atom. The SMILES string of the molecule is CCC[C@H]1Cc2ccc(C=O)cc2[C@H]2CC[C@]3(C)CCC[C@H]3[C@H]12. The van der Waals surface area contributed by atoms with E-state index in [-0.39, 0.29) is 0 Å². The molecule has 0 aliphatic heterocycles. The van der Waals surface area contributed by atoms with Gasteiger partial charge in [-0.2, -0.15) is 0 Å². The van der Waals surface area contributed by atoms with Crippen molar-refractivity contribution in [2.24, 2.45) is 23.2 Å². The van der Waals surface area contributed by atoms with Gasteiger partial charge in [0, 0.05) is 5.56 Å². The lowest BCUT2D eigenvalue weighted by atomic mass is 9.52. The summed E-state index contributed by atoms with van der Waals surface area (Å²) in [4.78, 5) is 11.3. The van der Waals surface area contributed by atoms with Crippen LogP contribution in [0.3, 0.4) is 0 Å². The summed E-state index contributed by atoms with van der Waals surface area (Å²) in [5.74, 6) is 3.37. The molecular weight excluding hydrogens is 280 g/mol. The van der Waals surface area contributed by atoms with Gasteiger partial charge in [0.05, 0.1) is 0 Å². The fourth-order valence-electron chi connectivity index (χ4n) is 6.51. The molecule has 3 aliphatic carbocycles. The van der Waals surface area contributed by atoms with Crippen LogP contribution < -0.4 is 0 Å². The Kier molecular flexibility index (Phi) is 3.86. The van der Waals surface area contributed by atoms with Crippen LogP contribution in [-0.4, -0.2) is 6.29 Å². The van der Waals surface area contributed by atoms with Gasteiger partial charge in [0.25, 0.3) is 0 Å². The Hall–Kier alpha value is -1.11. The Balaban J connectivity index is 1.77. The molecule has 0 unspecified atom stereocenters. The highest BCUT2D eigenvalue weighted by Crippen LogP contribution is 2.62. The molecule has 1 nitrogen and oxygen atoms in total. The Labute approximate surface area is 140 Å². The number of fused-ring (bicyclic) bond motifs is 5. The van der Waals surface area contributed by atoms with Crippen molar-refractivity contribution in [2.45, 2.75) is 71.1 Å². The molecule has 2 fully saturated rings. The molecule has 1 aromatic rings. The first-order valence-electron chi connectivity index (χ1n) is 9.74. The standard InChI is InChI=1S/C22H30O/c1-3-5-17-13-16-8-7-15(14-23)12-19(16)18-9-11-22(2)10-4-6-20(22)21(17)18/h7-8,12,14,17-18,20-21H,3-6,9-11,13H2,1-2H3/t17-,18+,20-,21+,22-/m0/s1. The summed E-state index contributed by atoms with van der Waals surface area (Å²) < 4.78 is 0. The minimum Gasteiger partial charge on any atom is -0.298 e. The van der Waals surface area contributed by atoms with Crippen LogP contribution in [0.4, 0.5) is 0 Å². The number of hydrogen-bond acceptors (Lipinski definition) is 1. The predicted octanol–water partition coefficient (Wildman–Crippen LogP) is 5.77. The second-order valence-corrected chi connectivity index (χ2v) is 8.70. The number of carbonyl (C=O) groups excluding carboxylic acids is 1. The second kappa shape index (κ2) is 5.76. The van der Waals surface area contributed by atoms with Crippen molar-refractivity contribution in [2.75, 3.05) is 0 Å². The van der Waals surface area contributed by atoms with Crippen molar-refractivity contribution in [3.05, 3.63) is 34.9 Å². The van der Waals surface area contributed by atoms with E-state index >= 15 is 0 Å². The lowest BCUT2D eigenvalue weighted by Crippen LogP contribution is -2.44. The Morgan fingerprint density at radius 1 is 1.26 bits per heavy atom. The van der Waals surface area contributed by atoms with Crippen LogP contribution >= 0.6 is 0 Å². The minimum absolute atomic E-state index is 0.604. The van der Waals surface area contributed by atoms with Crippen molar-refractivity contribution >= 4 is 6.29 Å². The van der Waals surface area contributed by atoms with E-state index in [2.05, 4.69) is 26.0 Å². The molecule has 0 bridgehead atoms. The number of carbonyl (C=O) groups is 1. The van der Waals surface area contributed by atoms with Crippen LogP contribution in [0.2, 0.25) is 0 Å². The third kappa shape index (κ3) is 2.39. The normalized spacial score (nSPS) is 38.5. The average Bonchev–Trinajstić information content (AvgIpc) is 2.96. The number of hydrogen-bond donors (Lipinski definition) is 0. The van der Waals surface area contributed by atoms with Crippen molar-refractivity contribution in [1.82, 2.24) is 0 Å². The Bertz CT molecular complexity index is 604. The van der Waals surface area contributed by atoms with Gasteiger partial charge in [0.2, 0.25) is 0 Å². The predicted molar refractivity (Wildman–Crippen MR) is 94.8 cm³/mol. The first kappa shape index (κ1) is 15.4. The zero-order valence-electron chi connectivity index (χ0n) is 14.7. The summed E-state index contributed by atoms with van der Waals surface area (Å²) in [6.45, 7) is 4.91. The molecule has 0 N–H and O–H groups in total. The molecule has 0 spiro atoms. The molecule has 0 saturated heterocycles. The summed E-state index contributed by atoms with van der Waals surface area (Å²) in [6, 6.07) is 6.50. The van der Waals surface area contributed by atoms with E-state index in [1.165, 1.54) is 62.5 Å². The molecule has 0 amide bonds. The molecule has 23 heavy (non-hydrogen) atoms. The van der Waals surface area contributed by atoms with E-state index in [9.17, 15) is 4.79 Å². The van der Waals surface area contributed by atoms with Gasteiger partial charge in [-0.3, -0.25) is 4.79 Å². The average molecular weight is 310 g/mol. The highest BCUT2D eigenvalue weighted by atomic mass is 16.1. The van der Waals surface area contributed by atoms with Gasteiger partial charge in [-0.15, -0.1) is 0 Å². The number of benzene rings is 1. The van der Waals surface area contributed by atoms with E-state index in [4.69, 9.17) is 0 Å². The van der Waals surface area contributed by atoms with Gasteiger partial charge in [-0.05, 0) is 78.4 Å². The van der Waals surface area contributed by atoms with Crippen LogP contribution in [0, 0.1) is 23.2 Å². The van der Waals surface area contributed by atoms with Crippen LogP contribution in [0.25, 0.3) is 0 Å². The summed E-state index contributed by atoms with van der Waals surface area (Å²) in [6.07, 6.45) is 12.0. The maximum Gasteiger partial charge on any atom is 0.150 e. The first-order chi connectivity index (χ1) is 11.2. The molecular formula is C22H30O. The monoisotopic (exact) mass is 310 g/mol. The van der Waals surface area contributed by atoms with E-state index in [0.717, 1.165) is 29.6 Å². The lowest BCUT2D eigenvalue weighted by Gasteiger charge is -2.52. The lowest BCUT2D eigenvalue weighted by molar-refractivity contribution is 0.0231. The molecule has 0 radical (unpaired) electrons. The highest BCUT2D eigenvalue weighted by molar-refractivity contribution is 5.75. The van der Waals surface area contributed by atoms with Crippen molar-refractivity contribution < 1.29 is 4.79 Å². The largest absolute Gasteiger partial charge is 0.298 e. The van der Waals surface area contributed by atoms with Crippen molar-refractivity contribution in [3.8, 4) is 0 Å². The summed E-state index contributed by atoms with van der Waals surface area (Å²) in [7, 11) is 0. The zero-order chi connectivity index (χ0) is 16.0. The molecule has 4 rings (SSSR count). The fourth-order valence-corrected chi connectivity index (χ4v) is 6.51. The smallest absolute Gasteiger partial charge is 0.150 e. The molecule has 0 aromatic heterocycles. The van der Waals surface area contributed by atoms with Gasteiger partial charge < -0.3 is 0 Å². The maximum absolute atomic E-state index is 11.3. The molecule has 124 valence electrons. The fraction of sp³-hybridized carbons (Fsp3) is 0.682. The third-order valence-corrected chi connectivity index (χ3v) is 7.51. The summed E-state index contributed by atoms with van der Waals surface area (Å²) in [5, 5.41) is 0. The summed E-state index contributed by atoms with van der Waals surface area (Å²) >= 11 is 0. The van der Waals surface area contributed by atoms with Gasteiger partial charge >= 0.3 is 0 Å². The molecule has 2 saturated carbocycles. The van der Waals surface area contributed by atoms with Crippen LogP contribution in [0.5, 0.6) is 0 Å². The third-order valence-electron chi connectivity index (χ3n) is 7.51. The highest BCUT2D eigenvalue weighted by Gasteiger charge is 2.52. The Morgan fingerprint density at radius 2 is 2.13 bits per heavy atom. The second-order valence-electron chi connectivity index (χ2n) is 8.70. The molecule has 3 aliphatic rings. The molecule has 0 heterocycles. The van der Waals surface area contributed by atoms with Crippen LogP contribution in [0.15, 0.2) is 18.2 Å². The topological polar surface area (TPSA) is 17.1 Å². The van der Waals surface area contributed by atoms with E-state index in [1.807, 2.05) is 6.07 Å². The van der Waals surface area contributed by atoms with Gasteiger partial charge in [0.1, 0.15) is 6.29 Å². The molecule has 1 heteroatoms. The number of aldehydes is 1. The van der Waals surface area contributed by atoms with Crippen LogP contribution in [0.1, 0.15) is 86.2 Å². The van der Waals surface area contributed by atoms with Crippen LogP contribution in [-0.2, 0) is 6.42 Å². The van der Waals surface area contributed by atoms with Gasteiger partial charge in [-0.25, -0.2) is 0 Å². The minimum atomic E-state index is 0.604. The maximum atomic E-state index is 11.3. The van der Waals surface area contributed by atoms with E-state index in [1.54, 1.807) is 0 Å². The van der Waals surface area contributed by atoms with E-state index in [0.29, 0.717) is 11.3 Å².